The fraction of sp³-hybridized carbons (Fsp3) is 0.320. The Kier molecular flexibility index (Phi) is 7.71. The van der Waals surface area contributed by atoms with Crippen LogP contribution in [0.1, 0.15) is 38.3 Å². The Bertz CT molecular complexity index is 1080. The summed E-state index contributed by atoms with van der Waals surface area (Å²) in [5, 5.41) is 5.31. The van der Waals surface area contributed by atoms with Gasteiger partial charge in [0.15, 0.2) is 11.5 Å². The highest BCUT2D eigenvalue weighted by atomic mass is 16.5. The van der Waals surface area contributed by atoms with Gasteiger partial charge in [-0.15, -0.1) is 0 Å². The van der Waals surface area contributed by atoms with Gasteiger partial charge in [0.05, 0.1) is 13.2 Å². The van der Waals surface area contributed by atoms with Crippen LogP contribution in [0.5, 0.6) is 11.5 Å². The van der Waals surface area contributed by atoms with Gasteiger partial charge in [0.25, 0.3) is 5.91 Å². The molecule has 1 fully saturated rings. The first-order chi connectivity index (χ1) is 15.9. The number of aryl methyl sites for hydroxylation is 1. The summed E-state index contributed by atoms with van der Waals surface area (Å²) in [6, 6.07) is 12.0. The van der Waals surface area contributed by atoms with E-state index in [0.29, 0.717) is 22.7 Å². The summed E-state index contributed by atoms with van der Waals surface area (Å²) in [6.07, 6.45) is 3.17. The number of carbonyl (C=O) groups excluding carboxylic acids is 3. The SMILES string of the molecule is CCc1ccccc1NC(=O)CN1C(=O)N/C(=C/c2ccc(O[C@@H](C)CC)c(OC)c2)C1=O. The first kappa shape index (κ1) is 23.8. The summed E-state index contributed by atoms with van der Waals surface area (Å²) < 4.78 is 11.2. The maximum absolute atomic E-state index is 12.8. The number of rotatable bonds is 9. The topological polar surface area (TPSA) is 97.0 Å². The molecule has 33 heavy (non-hydrogen) atoms. The molecule has 0 saturated carbocycles. The highest BCUT2D eigenvalue weighted by Gasteiger charge is 2.35. The molecule has 1 aliphatic rings. The molecule has 1 aliphatic heterocycles. The molecular formula is C25H29N3O5. The molecule has 8 heteroatoms. The largest absolute Gasteiger partial charge is 0.493 e. The van der Waals surface area contributed by atoms with Gasteiger partial charge >= 0.3 is 6.03 Å². The second kappa shape index (κ2) is 10.7. The van der Waals surface area contributed by atoms with E-state index in [1.807, 2.05) is 39.0 Å². The zero-order chi connectivity index (χ0) is 24.0. The fourth-order valence-corrected chi connectivity index (χ4v) is 3.34. The Balaban J connectivity index is 1.72. The molecule has 2 aromatic rings. The van der Waals surface area contributed by atoms with Gasteiger partial charge in [0.1, 0.15) is 12.2 Å². The summed E-state index contributed by atoms with van der Waals surface area (Å²) in [7, 11) is 1.54. The molecule has 1 atom stereocenters. The van der Waals surface area contributed by atoms with Crippen molar-refractivity contribution in [3.63, 3.8) is 0 Å². The average molecular weight is 452 g/mol. The summed E-state index contributed by atoms with van der Waals surface area (Å²) in [5.74, 6) is 0.0976. The molecule has 0 aliphatic carbocycles. The van der Waals surface area contributed by atoms with Crippen molar-refractivity contribution < 1.29 is 23.9 Å². The van der Waals surface area contributed by atoms with Crippen molar-refractivity contribution >= 4 is 29.6 Å². The molecule has 4 amide bonds. The van der Waals surface area contributed by atoms with Crippen molar-refractivity contribution in [1.82, 2.24) is 10.2 Å². The number of nitrogens with one attached hydrogen (secondary N) is 2. The number of imide groups is 1. The molecule has 8 nitrogen and oxygen atoms in total. The molecule has 0 bridgehead atoms. The standard InChI is InChI=1S/C25H29N3O5/c1-5-16(3)33-21-12-11-17(14-22(21)32-4)13-20-24(30)28(25(31)27-20)15-23(29)26-19-10-8-7-9-18(19)6-2/h7-14,16H,5-6,15H2,1-4H3,(H,26,29)(H,27,31)/b20-13+/t16-/m0/s1. The lowest BCUT2D eigenvalue weighted by Crippen LogP contribution is -2.38. The number of nitrogens with zero attached hydrogens (tertiary/aromatic N) is 1. The molecule has 174 valence electrons. The van der Waals surface area contributed by atoms with Crippen molar-refractivity contribution in [2.45, 2.75) is 39.7 Å². The minimum atomic E-state index is -0.645. The number of benzene rings is 2. The average Bonchev–Trinajstić information content (AvgIpc) is 3.07. The van der Waals surface area contributed by atoms with Crippen molar-refractivity contribution in [1.29, 1.82) is 0 Å². The number of hydrogen-bond donors (Lipinski definition) is 2. The maximum atomic E-state index is 12.8. The quantitative estimate of drug-likeness (QED) is 0.444. The van der Waals surface area contributed by atoms with Gasteiger partial charge in [-0.1, -0.05) is 38.1 Å². The Morgan fingerprint density at radius 3 is 2.61 bits per heavy atom. The monoisotopic (exact) mass is 451 g/mol. The van der Waals surface area contributed by atoms with Crippen molar-refractivity contribution in [2.24, 2.45) is 0 Å². The van der Waals surface area contributed by atoms with Crippen molar-refractivity contribution in [3.05, 3.63) is 59.3 Å². The Hall–Kier alpha value is -3.81. The Morgan fingerprint density at radius 2 is 1.91 bits per heavy atom. The van der Waals surface area contributed by atoms with E-state index in [9.17, 15) is 14.4 Å². The van der Waals surface area contributed by atoms with Crippen LogP contribution in [-0.2, 0) is 16.0 Å². The van der Waals surface area contributed by atoms with Crippen LogP contribution in [0, 0.1) is 0 Å². The minimum absolute atomic E-state index is 0.0304. The van der Waals surface area contributed by atoms with E-state index in [4.69, 9.17) is 9.47 Å². The van der Waals surface area contributed by atoms with Gasteiger partial charge in [-0.25, -0.2) is 9.69 Å². The molecule has 1 heterocycles. The van der Waals surface area contributed by atoms with E-state index in [0.717, 1.165) is 23.3 Å². The third kappa shape index (κ3) is 5.71. The number of methoxy groups -OCH3 is 1. The molecule has 0 radical (unpaired) electrons. The second-order valence-corrected chi connectivity index (χ2v) is 7.69. The van der Waals surface area contributed by atoms with Gasteiger partial charge in [-0.05, 0) is 55.2 Å². The zero-order valence-corrected chi connectivity index (χ0v) is 19.3. The molecule has 2 N–H and O–H groups in total. The summed E-state index contributed by atoms with van der Waals surface area (Å²) >= 11 is 0. The number of urea groups is 1. The number of anilines is 1. The lowest BCUT2D eigenvalue weighted by atomic mass is 10.1. The lowest BCUT2D eigenvalue weighted by molar-refractivity contribution is -0.127. The van der Waals surface area contributed by atoms with E-state index >= 15 is 0 Å². The maximum Gasteiger partial charge on any atom is 0.329 e. The van der Waals surface area contributed by atoms with Gasteiger partial charge in [-0.2, -0.15) is 0 Å². The molecule has 3 rings (SSSR count). The van der Waals surface area contributed by atoms with Gasteiger partial charge in [-0.3, -0.25) is 9.59 Å². The van der Waals surface area contributed by atoms with Crippen LogP contribution < -0.4 is 20.1 Å². The number of hydrogen-bond acceptors (Lipinski definition) is 5. The highest BCUT2D eigenvalue weighted by Crippen LogP contribution is 2.30. The first-order valence-electron chi connectivity index (χ1n) is 10.9. The fourth-order valence-electron chi connectivity index (χ4n) is 3.34. The predicted octanol–water partition coefficient (Wildman–Crippen LogP) is 3.97. The zero-order valence-electron chi connectivity index (χ0n) is 19.3. The molecular weight excluding hydrogens is 422 g/mol. The number of ether oxygens (including phenoxy) is 2. The second-order valence-electron chi connectivity index (χ2n) is 7.69. The normalized spacial score (nSPS) is 15.4. The Morgan fingerprint density at radius 1 is 1.15 bits per heavy atom. The number of carbonyl (C=O) groups is 3. The summed E-state index contributed by atoms with van der Waals surface area (Å²) in [4.78, 5) is 38.5. The summed E-state index contributed by atoms with van der Waals surface area (Å²) in [5.41, 5.74) is 2.37. The van der Waals surface area contributed by atoms with Crippen LogP contribution in [0.25, 0.3) is 6.08 Å². The third-order valence-electron chi connectivity index (χ3n) is 5.34. The molecule has 1 saturated heterocycles. The van der Waals surface area contributed by atoms with Crippen LogP contribution in [0.15, 0.2) is 48.2 Å². The minimum Gasteiger partial charge on any atom is -0.493 e. The smallest absolute Gasteiger partial charge is 0.329 e. The van der Waals surface area contributed by atoms with E-state index in [-0.39, 0.29) is 18.3 Å². The van der Waals surface area contributed by atoms with Crippen LogP contribution >= 0.6 is 0 Å². The van der Waals surface area contributed by atoms with E-state index < -0.39 is 17.8 Å². The first-order valence-corrected chi connectivity index (χ1v) is 10.9. The van der Waals surface area contributed by atoms with Crippen LogP contribution in [0.2, 0.25) is 0 Å². The Labute approximate surface area is 193 Å². The van der Waals surface area contributed by atoms with E-state index in [1.54, 1.807) is 30.3 Å². The van der Waals surface area contributed by atoms with E-state index in [1.165, 1.54) is 7.11 Å². The van der Waals surface area contributed by atoms with Crippen LogP contribution in [0.4, 0.5) is 10.5 Å². The molecule has 0 aromatic heterocycles. The van der Waals surface area contributed by atoms with E-state index in [2.05, 4.69) is 10.6 Å². The molecule has 0 spiro atoms. The highest BCUT2D eigenvalue weighted by molar-refractivity contribution is 6.16. The lowest BCUT2D eigenvalue weighted by Gasteiger charge is -2.15. The van der Waals surface area contributed by atoms with Crippen molar-refractivity contribution in [3.8, 4) is 11.5 Å². The third-order valence-corrected chi connectivity index (χ3v) is 5.34. The van der Waals surface area contributed by atoms with Gasteiger partial charge < -0.3 is 20.1 Å². The molecule has 0 unspecified atom stereocenters. The van der Waals surface area contributed by atoms with Crippen LogP contribution in [-0.4, -0.2) is 42.5 Å². The molecule has 2 aromatic carbocycles. The number of amides is 4. The summed E-state index contributed by atoms with van der Waals surface area (Å²) in [6.45, 7) is 5.59. The number of para-hydroxylation sites is 1. The van der Waals surface area contributed by atoms with Gasteiger partial charge in [0, 0.05) is 5.69 Å². The van der Waals surface area contributed by atoms with Gasteiger partial charge in [0.2, 0.25) is 5.91 Å². The van der Waals surface area contributed by atoms with Crippen LogP contribution in [0.3, 0.4) is 0 Å². The predicted molar refractivity (Wildman–Crippen MR) is 126 cm³/mol. The van der Waals surface area contributed by atoms with Crippen molar-refractivity contribution in [2.75, 3.05) is 19.0 Å².